The quantitative estimate of drug-likeness (QED) is 0.223. The number of carbonyl (C=O) groups excluding carboxylic acids is 1. The van der Waals surface area contributed by atoms with Gasteiger partial charge in [0, 0.05) is 45.1 Å². The number of aromatic nitrogens is 5. The summed E-state index contributed by atoms with van der Waals surface area (Å²) < 4.78 is 14.9. The molecule has 0 saturated heterocycles. The van der Waals surface area contributed by atoms with E-state index in [4.69, 9.17) is 9.47 Å². The normalized spacial score (nSPS) is 12.0. The van der Waals surface area contributed by atoms with Crippen LogP contribution >= 0.6 is 0 Å². The van der Waals surface area contributed by atoms with Crippen LogP contribution in [-0.2, 0) is 23.3 Å². The second kappa shape index (κ2) is 8.83. The van der Waals surface area contributed by atoms with E-state index >= 15 is 0 Å². The molecular formula is C23H29N5O3Si. The van der Waals surface area contributed by atoms with Crippen molar-refractivity contribution in [3.63, 3.8) is 0 Å². The lowest BCUT2D eigenvalue weighted by molar-refractivity contribution is 0.0527. The third-order valence-electron chi connectivity index (χ3n) is 5.27. The van der Waals surface area contributed by atoms with Crippen LogP contribution in [0.3, 0.4) is 0 Å². The Kier molecular flexibility index (Phi) is 6.12. The predicted molar refractivity (Wildman–Crippen MR) is 127 cm³/mol. The largest absolute Gasteiger partial charge is 0.462 e. The van der Waals surface area contributed by atoms with E-state index in [1.165, 1.54) is 6.33 Å². The van der Waals surface area contributed by atoms with Gasteiger partial charge in [0.05, 0.1) is 28.8 Å². The van der Waals surface area contributed by atoms with Crippen molar-refractivity contribution >= 4 is 36.0 Å². The molecule has 8 nitrogen and oxygen atoms in total. The molecule has 0 spiro atoms. The maximum Gasteiger partial charge on any atom is 0.340 e. The number of ether oxygens (including phenoxy) is 2. The molecule has 0 unspecified atom stereocenters. The molecule has 0 aliphatic carbocycles. The number of benzene rings is 1. The lowest BCUT2D eigenvalue weighted by Gasteiger charge is -2.15. The Morgan fingerprint density at radius 2 is 1.97 bits per heavy atom. The van der Waals surface area contributed by atoms with Crippen molar-refractivity contribution in [2.75, 3.05) is 13.2 Å². The minimum atomic E-state index is -1.19. The number of hydrogen-bond acceptors (Lipinski definition) is 6. The molecule has 0 radical (unpaired) electrons. The number of hydrogen-bond donors (Lipinski definition) is 0. The van der Waals surface area contributed by atoms with E-state index in [2.05, 4.69) is 34.7 Å². The highest BCUT2D eigenvalue weighted by atomic mass is 28.3. The number of fused-ring (bicyclic) bond motifs is 2. The molecule has 32 heavy (non-hydrogen) atoms. The zero-order valence-electron chi connectivity index (χ0n) is 19.3. The summed E-state index contributed by atoms with van der Waals surface area (Å²) in [5, 5.41) is 6.21. The van der Waals surface area contributed by atoms with Gasteiger partial charge >= 0.3 is 5.97 Å². The fourth-order valence-corrected chi connectivity index (χ4v) is 4.39. The van der Waals surface area contributed by atoms with Crippen LogP contribution < -0.4 is 0 Å². The van der Waals surface area contributed by atoms with Crippen LogP contribution in [-0.4, -0.2) is 51.6 Å². The molecule has 3 heterocycles. The third kappa shape index (κ3) is 4.58. The van der Waals surface area contributed by atoms with Crippen LogP contribution in [0.1, 0.15) is 17.3 Å². The molecule has 0 amide bonds. The summed E-state index contributed by atoms with van der Waals surface area (Å²) in [4.78, 5) is 21.8. The van der Waals surface area contributed by atoms with Gasteiger partial charge in [-0.3, -0.25) is 4.68 Å². The second-order valence-corrected chi connectivity index (χ2v) is 14.7. The van der Waals surface area contributed by atoms with Crippen LogP contribution in [0.5, 0.6) is 0 Å². The van der Waals surface area contributed by atoms with Crippen molar-refractivity contribution in [3.05, 3.63) is 42.5 Å². The highest BCUT2D eigenvalue weighted by Crippen LogP contribution is 2.32. The molecule has 4 aromatic rings. The Morgan fingerprint density at radius 3 is 2.72 bits per heavy atom. The van der Waals surface area contributed by atoms with Crippen molar-refractivity contribution in [3.8, 4) is 11.3 Å². The lowest BCUT2D eigenvalue weighted by Crippen LogP contribution is -2.22. The van der Waals surface area contributed by atoms with Crippen LogP contribution in [0.4, 0.5) is 0 Å². The van der Waals surface area contributed by atoms with E-state index in [-0.39, 0.29) is 0 Å². The number of carbonyl (C=O) groups is 1. The molecule has 1 aromatic carbocycles. The van der Waals surface area contributed by atoms with Crippen molar-refractivity contribution in [1.82, 2.24) is 24.3 Å². The van der Waals surface area contributed by atoms with Crippen LogP contribution in [0, 0.1) is 0 Å². The Balaban J connectivity index is 1.77. The van der Waals surface area contributed by atoms with E-state index in [1.54, 1.807) is 17.8 Å². The molecule has 0 aliphatic heterocycles. The van der Waals surface area contributed by atoms with E-state index in [0.29, 0.717) is 42.2 Å². The van der Waals surface area contributed by atoms with E-state index in [1.807, 2.05) is 36.0 Å². The van der Waals surface area contributed by atoms with Gasteiger partial charge in [-0.1, -0.05) is 31.8 Å². The molecule has 3 aromatic heterocycles. The number of nitrogens with zero attached hydrogens (tertiary/aromatic N) is 5. The molecule has 0 aliphatic rings. The van der Waals surface area contributed by atoms with Crippen LogP contribution in [0.2, 0.25) is 25.7 Å². The molecule has 168 valence electrons. The monoisotopic (exact) mass is 451 g/mol. The number of rotatable bonds is 8. The molecule has 0 saturated carbocycles. The Labute approximate surface area is 188 Å². The molecule has 9 heteroatoms. The SMILES string of the molecule is CCOC(=O)c1cn(COCC[Si](C)(C)C)c2ncnc(-c3ccc4cn(C)nc4c3)c12. The molecule has 0 fully saturated rings. The topological polar surface area (TPSA) is 84.1 Å². The first-order chi connectivity index (χ1) is 15.3. The Hall–Kier alpha value is -3.04. The van der Waals surface area contributed by atoms with Gasteiger partial charge in [-0.15, -0.1) is 0 Å². The van der Waals surface area contributed by atoms with E-state index in [0.717, 1.165) is 22.5 Å². The zero-order chi connectivity index (χ0) is 22.9. The van der Waals surface area contributed by atoms with E-state index in [9.17, 15) is 4.79 Å². The summed E-state index contributed by atoms with van der Waals surface area (Å²) in [6.45, 7) is 10.0. The first-order valence-corrected chi connectivity index (χ1v) is 14.5. The summed E-state index contributed by atoms with van der Waals surface area (Å²) in [5.41, 5.74) is 3.49. The average molecular weight is 452 g/mol. The van der Waals surface area contributed by atoms with Gasteiger partial charge in [0.25, 0.3) is 0 Å². The van der Waals surface area contributed by atoms with Crippen LogP contribution in [0.25, 0.3) is 33.2 Å². The lowest BCUT2D eigenvalue weighted by atomic mass is 10.1. The van der Waals surface area contributed by atoms with Gasteiger partial charge in [0.2, 0.25) is 0 Å². The first kappa shape index (κ1) is 22.2. The van der Waals surface area contributed by atoms with Crippen molar-refractivity contribution in [1.29, 1.82) is 0 Å². The van der Waals surface area contributed by atoms with Gasteiger partial charge < -0.3 is 14.0 Å². The number of esters is 1. The number of aryl methyl sites for hydroxylation is 1. The summed E-state index contributed by atoms with van der Waals surface area (Å²) in [6.07, 6.45) is 5.25. The Bertz CT molecular complexity index is 1270. The van der Waals surface area contributed by atoms with Crippen molar-refractivity contribution < 1.29 is 14.3 Å². The van der Waals surface area contributed by atoms with E-state index < -0.39 is 14.0 Å². The minimum Gasteiger partial charge on any atom is -0.462 e. The van der Waals surface area contributed by atoms with Gasteiger partial charge in [0.1, 0.15) is 18.7 Å². The summed E-state index contributed by atoms with van der Waals surface area (Å²) in [7, 11) is 0.705. The minimum absolute atomic E-state index is 0.293. The second-order valence-electron chi connectivity index (χ2n) is 9.08. The van der Waals surface area contributed by atoms with Gasteiger partial charge in [-0.25, -0.2) is 14.8 Å². The van der Waals surface area contributed by atoms with Gasteiger partial charge in [-0.05, 0) is 19.0 Å². The van der Waals surface area contributed by atoms with Crippen molar-refractivity contribution in [2.45, 2.75) is 39.3 Å². The summed E-state index contributed by atoms with van der Waals surface area (Å²) in [6, 6.07) is 7.05. The fraction of sp³-hybridized carbons (Fsp3) is 0.391. The fourth-order valence-electron chi connectivity index (χ4n) is 3.63. The summed E-state index contributed by atoms with van der Waals surface area (Å²) >= 11 is 0. The van der Waals surface area contributed by atoms with Gasteiger partial charge in [0.15, 0.2) is 0 Å². The predicted octanol–water partition coefficient (Wildman–Crippen LogP) is 4.47. The first-order valence-electron chi connectivity index (χ1n) is 10.8. The average Bonchev–Trinajstić information content (AvgIpc) is 3.29. The molecular weight excluding hydrogens is 422 g/mol. The highest BCUT2D eigenvalue weighted by molar-refractivity contribution is 6.76. The maximum atomic E-state index is 12.8. The van der Waals surface area contributed by atoms with Crippen molar-refractivity contribution in [2.24, 2.45) is 7.05 Å². The molecule has 4 rings (SSSR count). The molecule has 0 atom stereocenters. The maximum absolute atomic E-state index is 12.8. The Morgan fingerprint density at radius 1 is 1.16 bits per heavy atom. The molecule has 0 N–H and O–H groups in total. The third-order valence-corrected chi connectivity index (χ3v) is 6.98. The summed E-state index contributed by atoms with van der Waals surface area (Å²) in [5.74, 6) is -0.395. The van der Waals surface area contributed by atoms with Gasteiger partial charge in [-0.2, -0.15) is 5.10 Å². The molecule has 0 bridgehead atoms. The zero-order valence-corrected chi connectivity index (χ0v) is 20.3. The standard InChI is InChI=1S/C23H29N5O3Si/c1-6-31-23(29)18-13-28(15-30-9-10-32(3,4)5)22-20(18)21(24-14-25-22)16-7-8-17-12-27(2)26-19(17)11-16/h7-8,11-14H,6,9-10,15H2,1-5H3. The van der Waals surface area contributed by atoms with Crippen LogP contribution in [0.15, 0.2) is 36.9 Å². The smallest absolute Gasteiger partial charge is 0.340 e. The highest BCUT2D eigenvalue weighted by Gasteiger charge is 2.22.